The summed E-state index contributed by atoms with van der Waals surface area (Å²) in [6.07, 6.45) is 0.722. The average molecular weight is 467 g/mol. The zero-order chi connectivity index (χ0) is 24.6. The van der Waals surface area contributed by atoms with E-state index < -0.39 is 34.3 Å². The lowest BCUT2D eigenvalue weighted by atomic mass is 9.47. The highest BCUT2D eigenvalue weighted by Crippen LogP contribution is 2.71. The molecule has 0 heterocycles. The first-order chi connectivity index (χ1) is 15.2. The molecule has 0 N–H and O–H groups in total. The normalized spacial score (nSPS) is 42.5. The van der Waals surface area contributed by atoms with Gasteiger partial charge in [0.2, 0.25) is 0 Å². The number of ketones is 2. The number of ether oxygens (including phenoxy) is 1. The summed E-state index contributed by atoms with van der Waals surface area (Å²) in [5, 5.41) is 0. The maximum atomic E-state index is 14.3. The average Bonchev–Trinajstić information content (AvgIpc) is 2.93. The minimum Gasteiger partial charge on any atom is -0.458 e. The predicted octanol–water partition coefficient (Wildman–Crippen LogP) is 5.61. The van der Waals surface area contributed by atoms with Crippen LogP contribution in [0.15, 0.2) is 23.3 Å². The van der Waals surface area contributed by atoms with Gasteiger partial charge in [-0.15, -0.1) is 0 Å². The van der Waals surface area contributed by atoms with Crippen LogP contribution >= 0.6 is 0 Å². The number of Topliss-reactive ketones (excluding diaryl/α,β-unsaturated/α-hetero) is 1. The summed E-state index contributed by atoms with van der Waals surface area (Å²) in [6.45, 7) is 8.74. The Morgan fingerprint density at radius 2 is 1.82 bits per heavy atom. The maximum Gasteiger partial charge on any atom is 0.395 e. The summed E-state index contributed by atoms with van der Waals surface area (Å²) >= 11 is 0. The van der Waals surface area contributed by atoms with Gasteiger partial charge in [-0.25, -0.2) is 0 Å². The minimum atomic E-state index is -4.43. The van der Waals surface area contributed by atoms with Gasteiger partial charge < -0.3 is 4.74 Å². The number of esters is 1. The van der Waals surface area contributed by atoms with E-state index in [1.165, 1.54) is 13.0 Å². The van der Waals surface area contributed by atoms with Crippen LogP contribution in [0.2, 0.25) is 0 Å². The van der Waals surface area contributed by atoms with Crippen LogP contribution in [0.3, 0.4) is 0 Å². The molecular weight excluding hydrogens is 433 g/mol. The van der Waals surface area contributed by atoms with Gasteiger partial charge >= 0.3 is 12.1 Å². The second-order valence-corrected chi connectivity index (χ2v) is 11.3. The highest BCUT2D eigenvalue weighted by Gasteiger charge is 2.67. The highest BCUT2D eigenvalue weighted by molar-refractivity contribution is 5.92. The van der Waals surface area contributed by atoms with Crippen molar-refractivity contribution in [1.82, 2.24) is 0 Å². The van der Waals surface area contributed by atoms with Crippen LogP contribution in [0.5, 0.6) is 0 Å². The molecule has 0 radical (unpaired) electrons. The van der Waals surface area contributed by atoms with E-state index in [2.05, 4.69) is 6.08 Å². The molecule has 0 saturated heterocycles. The Bertz CT molecular complexity index is 963. The van der Waals surface area contributed by atoms with E-state index in [1.54, 1.807) is 0 Å². The van der Waals surface area contributed by atoms with Crippen molar-refractivity contribution in [3.8, 4) is 0 Å². The molecule has 0 aromatic rings. The molecular formula is C26H33F3O4. The van der Waals surface area contributed by atoms with Crippen molar-refractivity contribution in [2.45, 2.75) is 72.9 Å². The monoisotopic (exact) mass is 466 g/mol. The number of halogens is 3. The molecule has 7 heteroatoms. The number of rotatable bonds is 3. The fourth-order valence-corrected chi connectivity index (χ4v) is 7.73. The maximum absolute atomic E-state index is 14.3. The Kier molecular flexibility index (Phi) is 5.53. The van der Waals surface area contributed by atoms with E-state index in [9.17, 15) is 27.6 Å². The molecule has 0 bridgehead atoms. The number of fused-ring (bicyclic) bond motifs is 5. The molecule has 0 aromatic carbocycles. The topological polar surface area (TPSA) is 60.4 Å². The van der Waals surface area contributed by atoms with Crippen LogP contribution in [0, 0.1) is 39.9 Å². The van der Waals surface area contributed by atoms with Crippen molar-refractivity contribution in [2.24, 2.45) is 39.9 Å². The Balaban J connectivity index is 1.79. The Hall–Kier alpha value is -1.92. The molecule has 0 aromatic heterocycles. The molecule has 4 aliphatic carbocycles. The number of alkyl halides is 3. The van der Waals surface area contributed by atoms with E-state index in [4.69, 9.17) is 4.74 Å². The smallest absolute Gasteiger partial charge is 0.395 e. The van der Waals surface area contributed by atoms with Crippen LogP contribution in [-0.4, -0.2) is 30.3 Å². The molecule has 4 aliphatic rings. The molecule has 2 fully saturated rings. The first-order valence-electron chi connectivity index (χ1n) is 11.8. The standard InChI is InChI=1S/C26H33F3O4/c1-14-10-19-17-12-21(26(27,28)29)20-11-16(31)6-8-23(20,3)18(17)7-9-24(19,4)25(14,5)22(32)13-33-15(2)30/h7,11,14,17,19,21H,6,8-10,12-13H2,1-5H3/t14-,17?,19?,21?,23-,24+,25-/m1/s1. The summed E-state index contributed by atoms with van der Waals surface area (Å²) in [4.78, 5) is 36.7. The lowest BCUT2D eigenvalue weighted by Crippen LogP contribution is -2.53. The number of hydrogen-bond acceptors (Lipinski definition) is 4. The van der Waals surface area contributed by atoms with Crippen molar-refractivity contribution >= 4 is 17.5 Å². The summed E-state index contributed by atoms with van der Waals surface area (Å²) in [5.74, 6) is -2.99. The molecule has 2 saturated carbocycles. The van der Waals surface area contributed by atoms with Gasteiger partial charge in [0, 0.05) is 24.2 Å². The van der Waals surface area contributed by atoms with Gasteiger partial charge in [0.25, 0.3) is 0 Å². The molecule has 0 aliphatic heterocycles. The van der Waals surface area contributed by atoms with E-state index in [1.807, 2.05) is 27.7 Å². The van der Waals surface area contributed by atoms with Gasteiger partial charge in [-0.2, -0.15) is 13.2 Å². The summed E-state index contributed by atoms with van der Waals surface area (Å²) < 4.78 is 47.8. The third-order valence-corrected chi connectivity index (χ3v) is 9.94. The van der Waals surface area contributed by atoms with Gasteiger partial charge in [0.05, 0.1) is 5.92 Å². The number of carbonyl (C=O) groups is 3. The zero-order valence-corrected chi connectivity index (χ0v) is 20.0. The van der Waals surface area contributed by atoms with Gasteiger partial charge in [0.1, 0.15) is 0 Å². The van der Waals surface area contributed by atoms with Gasteiger partial charge in [-0.1, -0.05) is 39.3 Å². The van der Waals surface area contributed by atoms with Crippen LogP contribution in [-0.2, 0) is 19.1 Å². The second-order valence-electron chi connectivity index (χ2n) is 11.3. The summed E-state index contributed by atoms with van der Waals surface area (Å²) in [6, 6.07) is 0. The Morgan fingerprint density at radius 3 is 2.42 bits per heavy atom. The third-order valence-electron chi connectivity index (χ3n) is 9.94. The largest absolute Gasteiger partial charge is 0.458 e. The molecule has 0 spiro atoms. The van der Waals surface area contributed by atoms with Gasteiger partial charge in [0.15, 0.2) is 18.2 Å². The Labute approximate surface area is 193 Å². The van der Waals surface area contributed by atoms with Gasteiger partial charge in [-0.05, 0) is 60.5 Å². The van der Waals surface area contributed by atoms with Crippen LogP contribution in [0.1, 0.15) is 66.7 Å². The first kappa shape index (κ1) is 24.2. The lowest BCUT2D eigenvalue weighted by molar-refractivity contribution is -0.178. The fraction of sp³-hybridized carbons (Fsp3) is 0.731. The molecule has 4 nitrogen and oxygen atoms in total. The molecule has 4 rings (SSSR count). The van der Waals surface area contributed by atoms with Crippen molar-refractivity contribution in [1.29, 1.82) is 0 Å². The number of hydrogen-bond donors (Lipinski definition) is 0. The SMILES string of the molecule is CC(=O)OCC(=O)[C@@]1(C)[C@H](C)CC2C3CC(C(F)(F)F)C4=CC(=O)CC[C@]4(C)C3=CC[C@@]21C. The summed E-state index contributed by atoms with van der Waals surface area (Å²) in [5.41, 5.74) is -0.869. The van der Waals surface area contributed by atoms with Crippen LogP contribution in [0.4, 0.5) is 13.2 Å². The van der Waals surface area contributed by atoms with Crippen LogP contribution in [0.25, 0.3) is 0 Å². The number of allylic oxidation sites excluding steroid dienone is 4. The van der Waals surface area contributed by atoms with Crippen LogP contribution < -0.4 is 0 Å². The molecule has 0 amide bonds. The van der Waals surface area contributed by atoms with Crippen molar-refractivity contribution in [3.63, 3.8) is 0 Å². The van der Waals surface area contributed by atoms with E-state index in [0.717, 1.165) is 5.57 Å². The van der Waals surface area contributed by atoms with Crippen molar-refractivity contribution < 1.29 is 32.3 Å². The van der Waals surface area contributed by atoms with E-state index >= 15 is 0 Å². The van der Waals surface area contributed by atoms with Crippen molar-refractivity contribution in [2.75, 3.05) is 6.61 Å². The van der Waals surface area contributed by atoms with Crippen molar-refractivity contribution in [3.05, 3.63) is 23.3 Å². The van der Waals surface area contributed by atoms with E-state index in [-0.39, 0.29) is 54.3 Å². The minimum absolute atomic E-state index is 0.0506. The quantitative estimate of drug-likeness (QED) is 0.401. The predicted molar refractivity (Wildman–Crippen MR) is 116 cm³/mol. The fourth-order valence-electron chi connectivity index (χ4n) is 7.73. The summed E-state index contributed by atoms with van der Waals surface area (Å²) in [7, 11) is 0. The first-order valence-corrected chi connectivity index (χ1v) is 11.8. The third kappa shape index (κ3) is 3.35. The second kappa shape index (κ2) is 7.54. The number of carbonyl (C=O) groups excluding carboxylic acids is 3. The molecule has 7 atom stereocenters. The highest BCUT2D eigenvalue weighted by atomic mass is 19.4. The van der Waals surface area contributed by atoms with E-state index in [0.29, 0.717) is 19.3 Å². The molecule has 3 unspecified atom stereocenters. The Morgan fingerprint density at radius 1 is 1.15 bits per heavy atom. The zero-order valence-electron chi connectivity index (χ0n) is 20.0. The molecule has 182 valence electrons. The lowest BCUT2D eigenvalue weighted by Gasteiger charge is -2.57. The molecule has 33 heavy (non-hydrogen) atoms. The van der Waals surface area contributed by atoms with Gasteiger partial charge in [-0.3, -0.25) is 14.4 Å².